The molecule has 1 aliphatic heterocycles. The number of nitrogens with zero attached hydrogens (tertiary/aromatic N) is 1. The Morgan fingerprint density at radius 3 is 2.41 bits per heavy atom. The maximum atomic E-state index is 11.7. The Labute approximate surface area is 105 Å². The van der Waals surface area contributed by atoms with Crippen LogP contribution in [0.4, 0.5) is 4.79 Å². The van der Waals surface area contributed by atoms with Crippen LogP contribution >= 0.6 is 11.6 Å². The standard InChI is InChI=1S/C11H17ClN2O3/c1-8(12)7-13-10(17)14-5-3-11(2,4-6-14)9(15)16/h1,3-7H2,2H3,(H,13,17)(H,15,16). The van der Waals surface area contributed by atoms with Gasteiger partial charge in [-0.2, -0.15) is 0 Å². The van der Waals surface area contributed by atoms with Gasteiger partial charge in [-0.15, -0.1) is 0 Å². The molecule has 96 valence electrons. The lowest BCUT2D eigenvalue weighted by Crippen LogP contribution is -2.48. The predicted molar refractivity (Wildman–Crippen MR) is 64.9 cm³/mol. The van der Waals surface area contributed by atoms with Crippen LogP contribution in [-0.4, -0.2) is 41.6 Å². The third kappa shape index (κ3) is 3.63. The van der Waals surface area contributed by atoms with Crippen LogP contribution in [0.15, 0.2) is 11.6 Å². The lowest BCUT2D eigenvalue weighted by molar-refractivity contribution is -0.150. The molecule has 0 aromatic rings. The molecule has 0 unspecified atom stereocenters. The van der Waals surface area contributed by atoms with Crippen LogP contribution in [-0.2, 0) is 4.79 Å². The van der Waals surface area contributed by atoms with Gasteiger partial charge in [-0.25, -0.2) is 4.79 Å². The SMILES string of the molecule is C=C(Cl)CNC(=O)N1CCC(C)(C(=O)O)CC1. The Morgan fingerprint density at radius 1 is 1.47 bits per heavy atom. The molecule has 5 nitrogen and oxygen atoms in total. The van der Waals surface area contributed by atoms with E-state index in [0.29, 0.717) is 31.0 Å². The topological polar surface area (TPSA) is 69.6 Å². The highest BCUT2D eigenvalue weighted by Crippen LogP contribution is 2.30. The number of aliphatic carboxylic acids is 1. The van der Waals surface area contributed by atoms with Crippen LogP contribution in [0, 0.1) is 5.41 Å². The van der Waals surface area contributed by atoms with E-state index in [2.05, 4.69) is 11.9 Å². The third-order valence-electron chi connectivity index (χ3n) is 3.10. The van der Waals surface area contributed by atoms with Gasteiger partial charge >= 0.3 is 12.0 Å². The van der Waals surface area contributed by atoms with Crippen LogP contribution in [0.2, 0.25) is 0 Å². The summed E-state index contributed by atoms with van der Waals surface area (Å²) >= 11 is 5.54. The summed E-state index contributed by atoms with van der Waals surface area (Å²) in [7, 11) is 0. The summed E-state index contributed by atoms with van der Waals surface area (Å²) in [5.74, 6) is -0.799. The fraction of sp³-hybridized carbons (Fsp3) is 0.636. The first-order valence-electron chi connectivity index (χ1n) is 5.44. The number of carboxylic acids is 1. The van der Waals surface area contributed by atoms with Gasteiger partial charge in [-0.05, 0) is 19.8 Å². The van der Waals surface area contributed by atoms with Crippen LogP contribution < -0.4 is 5.32 Å². The maximum Gasteiger partial charge on any atom is 0.317 e. The summed E-state index contributed by atoms with van der Waals surface area (Å²) in [5, 5.41) is 12.0. The average Bonchev–Trinajstić information content (AvgIpc) is 2.26. The third-order valence-corrected chi connectivity index (χ3v) is 3.24. The minimum Gasteiger partial charge on any atom is -0.481 e. The number of nitrogens with one attached hydrogen (secondary N) is 1. The van der Waals surface area contributed by atoms with Crippen LogP contribution in [0.5, 0.6) is 0 Å². The van der Waals surface area contributed by atoms with E-state index in [1.54, 1.807) is 11.8 Å². The van der Waals surface area contributed by atoms with E-state index >= 15 is 0 Å². The van der Waals surface area contributed by atoms with Crippen molar-refractivity contribution in [2.24, 2.45) is 5.41 Å². The van der Waals surface area contributed by atoms with E-state index in [1.807, 2.05) is 0 Å². The molecule has 0 aliphatic carbocycles. The highest BCUT2D eigenvalue weighted by molar-refractivity contribution is 6.29. The van der Waals surface area contributed by atoms with Gasteiger partial charge in [0.1, 0.15) is 0 Å². The van der Waals surface area contributed by atoms with Crippen molar-refractivity contribution in [3.05, 3.63) is 11.6 Å². The van der Waals surface area contributed by atoms with Crippen molar-refractivity contribution in [3.63, 3.8) is 0 Å². The number of likely N-dealkylation sites (tertiary alicyclic amines) is 1. The molecule has 1 aliphatic rings. The van der Waals surface area contributed by atoms with E-state index in [0.717, 1.165) is 0 Å². The Balaban J connectivity index is 2.44. The van der Waals surface area contributed by atoms with Crippen LogP contribution in [0.1, 0.15) is 19.8 Å². The maximum absolute atomic E-state index is 11.7. The zero-order valence-corrected chi connectivity index (χ0v) is 10.6. The lowest BCUT2D eigenvalue weighted by Gasteiger charge is -2.36. The van der Waals surface area contributed by atoms with E-state index < -0.39 is 11.4 Å². The molecular weight excluding hydrogens is 244 g/mol. The molecule has 1 fully saturated rings. The molecule has 0 aromatic carbocycles. The Hall–Kier alpha value is -1.23. The summed E-state index contributed by atoms with van der Waals surface area (Å²) in [5.41, 5.74) is -0.715. The minimum atomic E-state index is -0.799. The zero-order chi connectivity index (χ0) is 13.1. The number of hydrogen-bond acceptors (Lipinski definition) is 2. The summed E-state index contributed by atoms with van der Waals surface area (Å²) < 4.78 is 0. The quantitative estimate of drug-likeness (QED) is 0.810. The second-order valence-corrected chi connectivity index (χ2v) is 5.06. The second-order valence-electron chi connectivity index (χ2n) is 4.53. The molecule has 0 aromatic heterocycles. The Kier molecular flexibility index (Phi) is 4.40. The minimum absolute atomic E-state index is 0.223. The highest BCUT2D eigenvalue weighted by atomic mass is 35.5. The largest absolute Gasteiger partial charge is 0.481 e. The molecule has 1 saturated heterocycles. The van der Waals surface area contributed by atoms with Crippen molar-refractivity contribution in [2.45, 2.75) is 19.8 Å². The molecule has 17 heavy (non-hydrogen) atoms. The van der Waals surface area contributed by atoms with Gasteiger partial charge in [-0.1, -0.05) is 18.2 Å². The Bertz CT molecular complexity index is 336. The molecule has 2 N–H and O–H groups in total. The van der Waals surface area contributed by atoms with Crippen molar-refractivity contribution in [2.75, 3.05) is 19.6 Å². The van der Waals surface area contributed by atoms with Crippen molar-refractivity contribution in [3.8, 4) is 0 Å². The monoisotopic (exact) mass is 260 g/mol. The highest BCUT2D eigenvalue weighted by Gasteiger charge is 2.37. The van der Waals surface area contributed by atoms with Crippen molar-refractivity contribution < 1.29 is 14.7 Å². The zero-order valence-electron chi connectivity index (χ0n) is 9.83. The lowest BCUT2D eigenvalue weighted by atomic mass is 9.80. The smallest absolute Gasteiger partial charge is 0.317 e. The van der Waals surface area contributed by atoms with Gasteiger partial charge in [0, 0.05) is 18.1 Å². The number of carbonyl (C=O) groups excluding carboxylic acids is 1. The molecule has 0 atom stereocenters. The van der Waals surface area contributed by atoms with Crippen molar-refractivity contribution >= 4 is 23.6 Å². The average molecular weight is 261 g/mol. The van der Waals surface area contributed by atoms with E-state index in [4.69, 9.17) is 16.7 Å². The normalized spacial score (nSPS) is 18.6. The fourth-order valence-corrected chi connectivity index (χ4v) is 1.77. The molecule has 2 amide bonds. The first kappa shape index (κ1) is 13.8. The molecule has 0 saturated carbocycles. The number of rotatable bonds is 3. The van der Waals surface area contributed by atoms with Gasteiger partial charge in [0.25, 0.3) is 0 Å². The van der Waals surface area contributed by atoms with Crippen LogP contribution in [0.3, 0.4) is 0 Å². The van der Waals surface area contributed by atoms with Gasteiger partial charge in [0.2, 0.25) is 0 Å². The number of carboxylic acid groups (broad SMARTS) is 1. The summed E-state index contributed by atoms with van der Waals surface area (Å²) in [4.78, 5) is 24.3. The summed E-state index contributed by atoms with van der Waals surface area (Å²) in [6, 6.07) is -0.223. The molecular formula is C11H17ClN2O3. The first-order valence-corrected chi connectivity index (χ1v) is 5.82. The molecule has 0 radical (unpaired) electrons. The van der Waals surface area contributed by atoms with E-state index in [-0.39, 0.29) is 12.6 Å². The van der Waals surface area contributed by atoms with Crippen molar-refractivity contribution in [1.29, 1.82) is 0 Å². The molecule has 1 heterocycles. The number of piperidine rings is 1. The Morgan fingerprint density at radius 2 is 2.00 bits per heavy atom. The molecule has 6 heteroatoms. The molecule has 1 rings (SSSR count). The second kappa shape index (κ2) is 5.40. The number of urea groups is 1. The van der Waals surface area contributed by atoms with Gasteiger partial charge < -0.3 is 15.3 Å². The molecule has 0 spiro atoms. The number of halogens is 1. The summed E-state index contributed by atoms with van der Waals surface area (Å²) in [6.07, 6.45) is 0.940. The van der Waals surface area contributed by atoms with Gasteiger partial charge in [0.15, 0.2) is 0 Å². The first-order chi connectivity index (χ1) is 7.85. The van der Waals surface area contributed by atoms with Crippen LogP contribution in [0.25, 0.3) is 0 Å². The number of carbonyl (C=O) groups is 2. The van der Waals surface area contributed by atoms with Gasteiger partial charge in [-0.3, -0.25) is 4.79 Å². The van der Waals surface area contributed by atoms with Gasteiger partial charge in [0.05, 0.1) is 12.0 Å². The number of amides is 2. The molecule has 0 bridgehead atoms. The van der Waals surface area contributed by atoms with E-state index in [9.17, 15) is 9.59 Å². The summed E-state index contributed by atoms with van der Waals surface area (Å²) in [6.45, 7) is 6.31. The van der Waals surface area contributed by atoms with E-state index in [1.165, 1.54) is 0 Å². The van der Waals surface area contributed by atoms with Crippen molar-refractivity contribution in [1.82, 2.24) is 10.2 Å². The number of hydrogen-bond donors (Lipinski definition) is 2. The predicted octanol–water partition coefficient (Wildman–Crippen LogP) is 1.64. The fourth-order valence-electron chi connectivity index (χ4n) is 1.70.